The van der Waals surface area contributed by atoms with E-state index >= 15 is 0 Å². The zero-order valence-electron chi connectivity index (χ0n) is 15.0. The monoisotopic (exact) mass is 358 g/mol. The molecule has 0 radical (unpaired) electrons. The van der Waals surface area contributed by atoms with E-state index in [9.17, 15) is 0 Å². The summed E-state index contributed by atoms with van der Waals surface area (Å²) in [5, 5.41) is 11.6. The van der Waals surface area contributed by atoms with Crippen LogP contribution in [0.2, 0.25) is 0 Å². The van der Waals surface area contributed by atoms with Gasteiger partial charge in [-0.1, -0.05) is 24.3 Å². The molecule has 4 aromatic rings. The lowest BCUT2D eigenvalue weighted by atomic mass is 10.2. The largest absolute Gasteiger partial charge is 0.439 e. The Labute approximate surface area is 156 Å². The fraction of sp³-hybridized carbons (Fsp3) is 0.100. The third kappa shape index (κ3) is 4.09. The maximum atomic E-state index is 5.81. The Hall–Kier alpha value is -3.74. The zero-order chi connectivity index (χ0) is 18.6. The molecule has 0 spiro atoms. The van der Waals surface area contributed by atoms with Crippen LogP contribution in [0.3, 0.4) is 0 Å². The molecule has 4 rings (SSSR count). The molecule has 0 atom stereocenters. The van der Waals surface area contributed by atoms with Crippen LogP contribution >= 0.6 is 0 Å². The van der Waals surface area contributed by atoms with Gasteiger partial charge in [0.2, 0.25) is 11.8 Å². The summed E-state index contributed by atoms with van der Waals surface area (Å²) in [6, 6.07) is 17.4. The number of benzene rings is 2. The van der Waals surface area contributed by atoms with E-state index in [2.05, 4.69) is 30.5 Å². The van der Waals surface area contributed by atoms with Crippen LogP contribution in [0, 0.1) is 13.8 Å². The second-order valence-electron chi connectivity index (χ2n) is 6.09. The standard InChI is InChI=1S/C20H18N6O/c1-13-5-3-7-16(11-13)23-20-24-19(25-26-20)15-6-4-8-17(12-15)27-18-9-10-21-14(2)22-18/h3-12H,1-2H3,(H2,23,24,25,26). The van der Waals surface area contributed by atoms with Crippen molar-refractivity contribution in [3.05, 3.63) is 72.2 Å². The van der Waals surface area contributed by atoms with Crippen molar-refractivity contribution < 1.29 is 4.74 Å². The molecule has 134 valence electrons. The number of H-pyrrole nitrogens is 1. The molecule has 2 aromatic heterocycles. The Morgan fingerprint density at radius 1 is 0.963 bits per heavy atom. The van der Waals surface area contributed by atoms with Crippen molar-refractivity contribution in [2.45, 2.75) is 13.8 Å². The van der Waals surface area contributed by atoms with Crippen molar-refractivity contribution in [3.63, 3.8) is 0 Å². The van der Waals surface area contributed by atoms with Crippen LogP contribution in [-0.2, 0) is 0 Å². The third-order valence-corrected chi connectivity index (χ3v) is 3.85. The van der Waals surface area contributed by atoms with E-state index < -0.39 is 0 Å². The second-order valence-corrected chi connectivity index (χ2v) is 6.09. The van der Waals surface area contributed by atoms with Crippen molar-refractivity contribution in [2.24, 2.45) is 0 Å². The lowest BCUT2D eigenvalue weighted by Crippen LogP contribution is -1.93. The van der Waals surface area contributed by atoms with Crippen LogP contribution in [0.4, 0.5) is 11.6 Å². The van der Waals surface area contributed by atoms with E-state index in [1.807, 2.05) is 62.4 Å². The first kappa shape index (κ1) is 16.7. The lowest BCUT2D eigenvalue weighted by Gasteiger charge is -2.06. The van der Waals surface area contributed by atoms with E-state index in [1.165, 1.54) is 5.56 Å². The minimum atomic E-state index is 0.499. The Morgan fingerprint density at radius 3 is 2.70 bits per heavy atom. The molecule has 2 N–H and O–H groups in total. The van der Waals surface area contributed by atoms with Crippen molar-refractivity contribution in [3.8, 4) is 23.0 Å². The van der Waals surface area contributed by atoms with Gasteiger partial charge in [0.15, 0.2) is 5.82 Å². The molecule has 0 aliphatic carbocycles. The number of aromatic amines is 1. The molecule has 0 aliphatic heterocycles. The number of nitrogens with zero attached hydrogens (tertiary/aromatic N) is 4. The van der Waals surface area contributed by atoms with Gasteiger partial charge in [0.1, 0.15) is 11.6 Å². The molecule has 0 unspecified atom stereocenters. The number of ether oxygens (including phenoxy) is 1. The zero-order valence-corrected chi connectivity index (χ0v) is 15.0. The van der Waals surface area contributed by atoms with Crippen molar-refractivity contribution in [1.82, 2.24) is 25.1 Å². The number of aromatic nitrogens is 5. The maximum Gasteiger partial charge on any atom is 0.226 e. The Kier molecular flexibility index (Phi) is 4.49. The molecule has 7 nitrogen and oxygen atoms in total. The summed E-state index contributed by atoms with van der Waals surface area (Å²) >= 11 is 0. The van der Waals surface area contributed by atoms with Crippen molar-refractivity contribution >= 4 is 11.6 Å². The summed E-state index contributed by atoms with van der Waals surface area (Å²) in [5.74, 6) is 3.04. The summed E-state index contributed by atoms with van der Waals surface area (Å²) in [5.41, 5.74) is 2.99. The molecule has 2 aromatic carbocycles. The highest BCUT2D eigenvalue weighted by Crippen LogP contribution is 2.25. The number of aryl methyl sites for hydroxylation is 2. The van der Waals surface area contributed by atoms with Gasteiger partial charge in [-0.05, 0) is 43.7 Å². The van der Waals surface area contributed by atoms with Crippen molar-refractivity contribution in [2.75, 3.05) is 5.32 Å². The van der Waals surface area contributed by atoms with Crippen LogP contribution in [0.5, 0.6) is 11.6 Å². The molecule has 0 bridgehead atoms. The van der Waals surface area contributed by atoms with Crippen LogP contribution in [-0.4, -0.2) is 25.1 Å². The summed E-state index contributed by atoms with van der Waals surface area (Å²) in [4.78, 5) is 11.5. The number of nitrogens with one attached hydrogen (secondary N) is 2. The highest BCUT2D eigenvalue weighted by atomic mass is 16.5. The topological polar surface area (TPSA) is 88.6 Å². The molecule has 0 amide bonds. The summed E-state index contributed by atoms with van der Waals surface area (Å²) in [6.45, 7) is 3.86. The highest BCUT2D eigenvalue weighted by molar-refractivity contribution is 5.61. The predicted octanol–water partition coefficient (Wildman–Crippen LogP) is 4.41. The number of rotatable bonds is 5. The maximum absolute atomic E-state index is 5.81. The first-order chi connectivity index (χ1) is 13.2. The molecule has 2 heterocycles. The van der Waals surface area contributed by atoms with Crippen LogP contribution in [0.15, 0.2) is 60.8 Å². The van der Waals surface area contributed by atoms with E-state index in [0.29, 0.717) is 29.2 Å². The Morgan fingerprint density at radius 2 is 1.85 bits per heavy atom. The second kappa shape index (κ2) is 7.25. The summed E-state index contributed by atoms with van der Waals surface area (Å²) in [7, 11) is 0. The molecule has 7 heteroatoms. The van der Waals surface area contributed by atoms with Gasteiger partial charge in [0, 0.05) is 23.5 Å². The highest BCUT2D eigenvalue weighted by Gasteiger charge is 2.08. The molecule has 0 saturated heterocycles. The van der Waals surface area contributed by atoms with E-state index in [4.69, 9.17) is 4.74 Å². The quantitative estimate of drug-likeness (QED) is 0.549. The van der Waals surface area contributed by atoms with E-state index in [0.717, 1.165) is 11.3 Å². The average molecular weight is 358 g/mol. The van der Waals surface area contributed by atoms with E-state index in [-0.39, 0.29) is 0 Å². The SMILES string of the molecule is Cc1cccc(Nc2nnc(-c3cccc(Oc4ccnc(C)n4)c3)[nH]2)c1. The van der Waals surface area contributed by atoms with Crippen LogP contribution < -0.4 is 10.1 Å². The smallest absolute Gasteiger partial charge is 0.226 e. The van der Waals surface area contributed by atoms with Gasteiger partial charge < -0.3 is 15.0 Å². The normalized spacial score (nSPS) is 10.6. The first-order valence-corrected chi connectivity index (χ1v) is 8.50. The minimum absolute atomic E-state index is 0.499. The fourth-order valence-corrected chi connectivity index (χ4v) is 2.63. The Bertz CT molecular complexity index is 1080. The van der Waals surface area contributed by atoms with Gasteiger partial charge in [0.25, 0.3) is 0 Å². The number of anilines is 2. The Balaban J connectivity index is 1.53. The minimum Gasteiger partial charge on any atom is -0.439 e. The molecule has 0 fully saturated rings. The molecular weight excluding hydrogens is 340 g/mol. The van der Waals surface area contributed by atoms with Gasteiger partial charge in [-0.15, -0.1) is 10.2 Å². The number of hydrogen-bond acceptors (Lipinski definition) is 6. The predicted molar refractivity (Wildman–Crippen MR) is 103 cm³/mol. The van der Waals surface area contributed by atoms with Gasteiger partial charge in [-0.2, -0.15) is 4.98 Å². The molecule has 27 heavy (non-hydrogen) atoms. The summed E-state index contributed by atoms with van der Waals surface area (Å²) < 4.78 is 5.81. The molecule has 0 aliphatic rings. The molecular formula is C20H18N6O. The fourth-order valence-electron chi connectivity index (χ4n) is 2.63. The number of hydrogen-bond donors (Lipinski definition) is 2. The van der Waals surface area contributed by atoms with Crippen LogP contribution in [0.25, 0.3) is 11.4 Å². The van der Waals surface area contributed by atoms with Gasteiger partial charge in [-0.25, -0.2) is 4.98 Å². The lowest BCUT2D eigenvalue weighted by molar-refractivity contribution is 0.460. The van der Waals surface area contributed by atoms with Gasteiger partial charge in [0.05, 0.1) is 0 Å². The average Bonchev–Trinajstić information content (AvgIpc) is 3.10. The third-order valence-electron chi connectivity index (χ3n) is 3.85. The van der Waals surface area contributed by atoms with E-state index in [1.54, 1.807) is 12.3 Å². The van der Waals surface area contributed by atoms with Crippen molar-refractivity contribution in [1.29, 1.82) is 0 Å². The van der Waals surface area contributed by atoms with Gasteiger partial charge >= 0.3 is 0 Å². The summed E-state index contributed by atoms with van der Waals surface area (Å²) in [6.07, 6.45) is 1.67. The molecule has 0 saturated carbocycles. The first-order valence-electron chi connectivity index (χ1n) is 8.50. The van der Waals surface area contributed by atoms with Crippen LogP contribution in [0.1, 0.15) is 11.4 Å². The van der Waals surface area contributed by atoms with Gasteiger partial charge in [-0.3, -0.25) is 0 Å².